The van der Waals surface area contributed by atoms with Crippen molar-refractivity contribution < 1.29 is 18.3 Å². The van der Waals surface area contributed by atoms with E-state index in [2.05, 4.69) is 0 Å². The summed E-state index contributed by atoms with van der Waals surface area (Å²) >= 11 is 1.50. The van der Waals surface area contributed by atoms with Gasteiger partial charge in [-0.15, -0.1) is 11.8 Å². The van der Waals surface area contributed by atoms with Gasteiger partial charge in [0.05, 0.1) is 0 Å². The van der Waals surface area contributed by atoms with E-state index in [9.17, 15) is 13.6 Å². The molecule has 5 heteroatoms. The first kappa shape index (κ1) is 14.5. The van der Waals surface area contributed by atoms with Crippen molar-refractivity contribution in [2.24, 2.45) is 0 Å². The van der Waals surface area contributed by atoms with Crippen molar-refractivity contribution in [1.29, 1.82) is 0 Å². The third-order valence-corrected chi connectivity index (χ3v) is 3.45. The predicted octanol–water partition coefficient (Wildman–Crippen LogP) is 3.95. The van der Waals surface area contributed by atoms with Gasteiger partial charge < -0.3 is 4.74 Å². The largest absolute Gasteiger partial charge is 0.484 e. The van der Waals surface area contributed by atoms with E-state index in [1.807, 2.05) is 18.4 Å². The average molecular weight is 294 g/mol. The van der Waals surface area contributed by atoms with Crippen LogP contribution in [0, 0.1) is 11.6 Å². The summed E-state index contributed by atoms with van der Waals surface area (Å²) < 4.78 is 31.3. The summed E-state index contributed by atoms with van der Waals surface area (Å²) in [6, 6.07) is 10.4. The molecule has 0 N–H and O–H groups in total. The molecule has 2 nitrogen and oxygen atoms in total. The first-order chi connectivity index (χ1) is 9.61. The van der Waals surface area contributed by atoms with Gasteiger partial charge in [0.15, 0.2) is 24.0 Å². The molecule has 0 aromatic heterocycles. The predicted molar refractivity (Wildman–Crippen MR) is 74.4 cm³/mol. The number of halogens is 2. The van der Waals surface area contributed by atoms with E-state index in [0.29, 0.717) is 5.75 Å². The fraction of sp³-hybridized carbons (Fsp3) is 0.133. The van der Waals surface area contributed by atoms with E-state index in [1.165, 1.54) is 17.8 Å². The van der Waals surface area contributed by atoms with Crippen molar-refractivity contribution in [3.05, 3.63) is 59.7 Å². The summed E-state index contributed by atoms with van der Waals surface area (Å²) in [5, 5.41) is 0. The molecular weight excluding hydrogens is 282 g/mol. The number of carbonyl (C=O) groups excluding carboxylic acids is 1. The molecule has 2 aromatic rings. The first-order valence-electron chi connectivity index (χ1n) is 5.86. The maximum atomic E-state index is 13.1. The number of benzene rings is 2. The summed E-state index contributed by atoms with van der Waals surface area (Å²) in [5.74, 6) is -1.83. The molecular formula is C15H12F2O2S. The summed E-state index contributed by atoms with van der Waals surface area (Å²) in [5.41, 5.74) is 0.0885. The molecule has 20 heavy (non-hydrogen) atoms. The smallest absolute Gasteiger partial charge is 0.200 e. The van der Waals surface area contributed by atoms with Crippen molar-refractivity contribution in [1.82, 2.24) is 0 Å². The molecule has 0 saturated carbocycles. The second-order valence-electron chi connectivity index (χ2n) is 3.99. The first-order valence-corrected chi connectivity index (χ1v) is 7.08. The quantitative estimate of drug-likeness (QED) is 0.617. The van der Waals surface area contributed by atoms with E-state index in [-0.39, 0.29) is 12.2 Å². The molecule has 0 heterocycles. The Balaban J connectivity index is 2.06. The number of Topliss-reactive ketones (excluding diaryl/α,β-unsaturated/α-hetero) is 1. The standard InChI is InChI=1S/C15H12F2O2S/c1-20-15-5-3-2-4-14(15)19-9-13(18)10-6-7-11(16)12(17)8-10/h2-8H,9H2,1H3. The van der Waals surface area contributed by atoms with Crippen LogP contribution in [0.15, 0.2) is 47.4 Å². The number of ether oxygens (including phenoxy) is 1. The van der Waals surface area contributed by atoms with Gasteiger partial charge in [-0.25, -0.2) is 8.78 Å². The van der Waals surface area contributed by atoms with Crippen LogP contribution in [0.4, 0.5) is 8.78 Å². The van der Waals surface area contributed by atoms with Crippen molar-refractivity contribution in [2.45, 2.75) is 4.90 Å². The van der Waals surface area contributed by atoms with Crippen LogP contribution in [-0.4, -0.2) is 18.6 Å². The van der Waals surface area contributed by atoms with Crippen LogP contribution in [-0.2, 0) is 0 Å². The summed E-state index contributed by atoms with van der Waals surface area (Å²) in [4.78, 5) is 12.8. The zero-order valence-electron chi connectivity index (χ0n) is 10.7. The van der Waals surface area contributed by atoms with Crippen molar-refractivity contribution in [3.63, 3.8) is 0 Å². The monoisotopic (exact) mass is 294 g/mol. The number of ketones is 1. The van der Waals surface area contributed by atoms with E-state index >= 15 is 0 Å². The minimum absolute atomic E-state index is 0.0885. The van der Waals surface area contributed by atoms with Crippen LogP contribution < -0.4 is 4.74 Å². The van der Waals surface area contributed by atoms with Gasteiger partial charge >= 0.3 is 0 Å². The topological polar surface area (TPSA) is 26.3 Å². The molecule has 2 aromatic carbocycles. The number of carbonyl (C=O) groups is 1. The SMILES string of the molecule is CSc1ccccc1OCC(=O)c1ccc(F)c(F)c1. The molecule has 0 fully saturated rings. The number of rotatable bonds is 5. The van der Waals surface area contributed by atoms with Gasteiger partial charge in [-0.05, 0) is 36.6 Å². The highest BCUT2D eigenvalue weighted by Gasteiger charge is 2.11. The minimum Gasteiger partial charge on any atom is -0.484 e. The zero-order valence-corrected chi connectivity index (χ0v) is 11.5. The molecule has 0 aliphatic heterocycles. The lowest BCUT2D eigenvalue weighted by atomic mass is 10.1. The molecule has 0 unspecified atom stereocenters. The Morgan fingerprint density at radius 2 is 1.90 bits per heavy atom. The molecule has 0 amide bonds. The lowest BCUT2D eigenvalue weighted by Crippen LogP contribution is -2.12. The van der Waals surface area contributed by atoms with Crippen molar-refractivity contribution >= 4 is 17.5 Å². The fourth-order valence-electron chi connectivity index (χ4n) is 1.63. The molecule has 0 saturated heterocycles. The Morgan fingerprint density at radius 1 is 1.15 bits per heavy atom. The molecule has 0 radical (unpaired) electrons. The average Bonchev–Trinajstić information content (AvgIpc) is 2.47. The van der Waals surface area contributed by atoms with Gasteiger partial charge in [0.1, 0.15) is 5.75 Å². The van der Waals surface area contributed by atoms with E-state index in [4.69, 9.17) is 4.74 Å². The highest BCUT2D eigenvalue weighted by molar-refractivity contribution is 7.98. The number of hydrogen-bond acceptors (Lipinski definition) is 3. The fourth-order valence-corrected chi connectivity index (χ4v) is 2.18. The second-order valence-corrected chi connectivity index (χ2v) is 4.84. The van der Waals surface area contributed by atoms with Gasteiger partial charge in [-0.3, -0.25) is 4.79 Å². The maximum Gasteiger partial charge on any atom is 0.200 e. The van der Waals surface area contributed by atoms with Gasteiger partial charge in [0.2, 0.25) is 0 Å². The van der Waals surface area contributed by atoms with Crippen LogP contribution in [0.1, 0.15) is 10.4 Å². The lowest BCUT2D eigenvalue weighted by molar-refractivity contribution is 0.0919. The van der Waals surface area contributed by atoms with Crippen LogP contribution in [0.3, 0.4) is 0 Å². The Hall–Kier alpha value is -1.88. The van der Waals surface area contributed by atoms with Crippen LogP contribution in [0.2, 0.25) is 0 Å². The van der Waals surface area contributed by atoms with Crippen LogP contribution in [0.25, 0.3) is 0 Å². The van der Waals surface area contributed by atoms with Crippen LogP contribution in [0.5, 0.6) is 5.75 Å². The zero-order chi connectivity index (χ0) is 14.5. The van der Waals surface area contributed by atoms with Gasteiger partial charge in [0, 0.05) is 10.5 Å². The second kappa shape index (κ2) is 6.52. The Labute approximate surface area is 119 Å². The maximum absolute atomic E-state index is 13.1. The highest BCUT2D eigenvalue weighted by Crippen LogP contribution is 2.26. The molecule has 0 spiro atoms. The number of para-hydroxylation sites is 1. The van der Waals surface area contributed by atoms with Gasteiger partial charge in [-0.2, -0.15) is 0 Å². The number of thioether (sulfide) groups is 1. The summed E-state index contributed by atoms with van der Waals surface area (Å²) in [6.45, 7) is -0.220. The molecule has 0 atom stereocenters. The normalized spacial score (nSPS) is 10.3. The molecule has 2 rings (SSSR count). The van der Waals surface area contributed by atoms with Crippen molar-refractivity contribution in [3.8, 4) is 5.75 Å². The Kier molecular flexibility index (Phi) is 4.74. The Bertz CT molecular complexity index is 629. The Morgan fingerprint density at radius 3 is 2.60 bits per heavy atom. The highest BCUT2D eigenvalue weighted by atomic mass is 32.2. The molecule has 0 aliphatic rings. The lowest BCUT2D eigenvalue weighted by Gasteiger charge is -2.09. The van der Waals surface area contributed by atoms with E-state index in [1.54, 1.807) is 12.1 Å². The third kappa shape index (κ3) is 3.36. The van der Waals surface area contributed by atoms with Crippen LogP contribution >= 0.6 is 11.8 Å². The number of hydrogen-bond donors (Lipinski definition) is 0. The van der Waals surface area contributed by atoms with E-state index < -0.39 is 17.4 Å². The van der Waals surface area contributed by atoms with E-state index in [0.717, 1.165) is 17.0 Å². The molecule has 0 bridgehead atoms. The molecule has 0 aliphatic carbocycles. The third-order valence-electron chi connectivity index (χ3n) is 2.67. The molecule has 104 valence electrons. The summed E-state index contributed by atoms with van der Waals surface area (Å²) in [6.07, 6.45) is 1.90. The van der Waals surface area contributed by atoms with Gasteiger partial charge in [0.25, 0.3) is 0 Å². The summed E-state index contributed by atoms with van der Waals surface area (Å²) in [7, 11) is 0. The van der Waals surface area contributed by atoms with Crippen molar-refractivity contribution in [2.75, 3.05) is 12.9 Å². The van der Waals surface area contributed by atoms with Gasteiger partial charge in [-0.1, -0.05) is 12.1 Å². The minimum atomic E-state index is -1.04.